The van der Waals surface area contributed by atoms with E-state index < -0.39 is 18.2 Å². The van der Waals surface area contributed by atoms with Crippen molar-refractivity contribution in [2.24, 2.45) is 5.92 Å². The maximum Gasteiger partial charge on any atom is 0.335 e. The Morgan fingerprint density at radius 3 is 2.54 bits per heavy atom. The fraction of sp³-hybridized carbons (Fsp3) is 0.367. The van der Waals surface area contributed by atoms with Crippen molar-refractivity contribution in [3.8, 4) is 0 Å². The van der Waals surface area contributed by atoms with Crippen LogP contribution in [0, 0.1) is 12.8 Å². The molecule has 2 N–H and O–H groups in total. The Hall–Kier alpha value is -3.55. The fourth-order valence-electron chi connectivity index (χ4n) is 6.22. The van der Waals surface area contributed by atoms with Gasteiger partial charge in [0.1, 0.15) is 18.2 Å². The van der Waals surface area contributed by atoms with Crippen LogP contribution in [0.15, 0.2) is 73.1 Å². The molecule has 3 aromatic rings. The van der Waals surface area contributed by atoms with E-state index >= 15 is 0 Å². The van der Waals surface area contributed by atoms with Crippen LogP contribution in [-0.2, 0) is 33.5 Å². The zero-order valence-electron chi connectivity index (χ0n) is 20.8. The van der Waals surface area contributed by atoms with Gasteiger partial charge in [0, 0.05) is 35.7 Å². The van der Waals surface area contributed by atoms with E-state index in [1.54, 1.807) is 6.33 Å². The van der Waals surface area contributed by atoms with Crippen LogP contribution in [0.1, 0.15) is 35.2 Å². The van der Waals surface area contributed by atoms with Crippen molar-refractivity contribution in [3.05, 3.63) is 95.5 Å². The third kappa shape index (κ3) is 4.65. The minimum Gasteiger partial charge on any atom is -0.479 e. The van der Waals surface area contributed by atoms with Crippen LogP contribution in [0.5, 0.6) is 0 Å². The van der Waals surface area contributed by atoms with Gasteiger partial charge in [0.2, 0.25) is 0 Å². The van der Waals surface area contributed by atoms with Gasteiger partial charge in [0.25, 0.3) is 0 Å². The Kier molecular flexibility index (Phi) is 6.26. The highest BCUT2D eigenvalue weighted by molar-refractivity contribution is 5.74. The molecule has 0 saturated carbocycles. The first-order chi connectivity index (χ1) is 18.0. The first kappa shape index (κ1) is 23.8. The smallest absolute Gasteiger partial charge is 0.335 e. The van der Waals surface area contributed by atoms with Crippen molar-refractivity contribution in [2.75, 3.05) is 5.32 Å². The van der Waals surface area contributed by atoms with Gasteiger partial charge >= 0.3 is 5.97 Å². The van der Waals surface area contributed by atoms with Gasteiger partial charge < -0.3 is 19.9 Å². The maximum atomic E-state index is 12.0. The standard InChI is InChI=1S/C30H31N3O4/c1-19-23(28(32-18-31-19)33-22-11-3-2-4-12-22)13-7-8-14-25-24-17-30(37-26(24)27(36-25)29(34)35)15-20-9-5-6-10-21(20)16-30/h2-12,18,24-27H,13-17H2,1H3,(H,34,35)(H,31,32,33). The lowest BCUT2D eigenvalue weighted by Gasteiger charge is -2.26. The molecule has 2 aromatic carbocycles. The fourth-order valence-corrected chi connectivity index (χ4v) is 6.22. The molecular weight excluding hydrogens is 466 g/mol. The van der Waals surface area contributed by atoms with Crippen molar-refractivity contribution in [3.63, 3.8) is 0 Å². The number of ether oxygens (including phenoxy) is 2. The molecule has 1 spiro atoms. The third-order valence-electron chi connectivity index (χ3n) is 7.95. The lowest BCUT2D eigenvalue weighted by atomic mass is 9.85. The van der Waals surface area contributed by atoms with Crippen LogP contribution in [0.4, 0.5) is 11.5 Å². The molecule has 37 heavy (non-hydrogen) atoms. The summed E-state index contributed by atoms with van der Waals surface area (Å²) in [6.45, 7) is 1.98. The second kappa shape index (κ2) is 9.72. The lowest BCUT2D eigenvalue weighted by Crippen LogP contribution is -2.37. The largest absolute Gasteiger partial charge is 0.479 e. The number of fused-ring (bicyclic) bond motifs is 2. The Labute approximate surface area is 216 Å². The third-order valence-corrected chi connectivity index (χ3v) is 7.95. The molecule has 1 aliphatic carbocycles. The number of allylic oxidation sites excluding steroid dienone is 1. The van der Waals surface area contributed by atoms with E-state index in [-0.39, 0.29) is 17.6 Å². The summed E-state index contributed by atoms with van der Waals surface area (Å²) in [6, 6.07) is 18.4. The average Bonchev–Trinajstić information content (AvgIpc) is 3.54. The number of anilines is 2. The molecule has 7 nitrogen and oxygen atoms in total. The molecule has 0 amide bonds. The SMILES string of the molecule is Cc1ncnc(Nc2ccccc2)c1CC=CCC1OC(C(=O)O)C2OC3(Cc4ccccc4C3)CC12. The van der Waals surface area contributed by atoms with Crippen molar-refractivity contribution >= 4 is 17.5 Å². The number of hydrogen-bond acceptors (Lipinski definition) is 6. The van der Waals surface area contributed by atoms with Gasteiger partial charge in [-0.1, -0.05) is 54.6 Å². The number of aliphatic carboxylic acids is 1. The van der Waals surface area contributed by atoms with Crippen molar-refractivity contribution in [2.45, 2.75) is 62.9 Å². The predicted octanol–water partition coefficient (Wildman–Crippen LogP) is 4.81. The molecule has 3 heterocycles. The molecule has 4 atom stereocenters. The second-order valence-corrected chi connectivity index (χ2v) is 10.4. The Morgan fingerprint density at radius 1 is 1.08 bits per heavy atom. The molecule has 4 unspecified atom stereocenters. The van der Waals surface area contributed by atoms with E-state index in [1.165, 1.54) is 11.1 Å². The van der Waals surface area contributed by atoms with Gasteiger partial charge in [-0.3, -0.25) is 0 Å². The number of aromatic nitrogens is 2. The van der Waals surface area contributed by atoms with Crippen LogP contribution < -0.4 is 5.32 Å². The van der Waals surface area contributed by atoms with Crippen LogP contribution in [0.25, 0.3) is 0 Å². The molecule has 7 heteroatoms. The molecule has 6 rings (SSSR count). The number of para-hydroxylation sites is 1. The summed E-state index contributed by atoms with van der Waals surface area (Å²) in [4.78, 5) is 20.8. The predicted molar refractivity (Wildman–Crippen MR) is 140 cm³/mol. The van der Waals surface area contributed by atoms with Crippen molar-refractivity contribution < 1.29 is 19.4 Å². The van der Waals surface area contributed by atoms with Gasteiger partial charge in [-0.05, 0) is 49.4 Å². The monoisotopic (exact) mass is 497 g/mol. The maximum absolute atomic E-state index is 12.0. The van der Waals surface area contributed by atoms with E-state index in [2.05, 4.69) is 51.7 Å². The van der Waals surface area contributed by atoms with Crippen LogP contribution >= 0.6 is 0 Å². The number of rotatable bonds is 7. The first-order valence-corrected chi connectivity index (χ1v) is 12.9. The summed E-state index contributed by atoms with van der Waals surface area (Å²) in [7, 11) is 0. The van der Waals surface area contributed by atoms with E-state index in [1.807, 2.05) is 37.3 Å². The molecule has 1 aromatic heterocycles. The minimum absolute atomic E-state index is 0.0668. The van der Waals surface area contributed by atoms with E-state index in [4.69, 9.17) is 9.47 Å². The molecule has 2 aliphatic heterocycles. The Bertz CT molecular complexity index is 1300. The summed E-state index contributed by atoms with van der Waals surface area (Å²) in [5, 5.41) is 13.2. The summed E-state index contributed by atoms with van der Waals surface area (Å²) >= 11 is 0. The first-order valence-electron chi connectivity index (χ1n) is 12.9. The van der Waals surface area contributed by atoms with Gasteiger partial charge in [0.05, 0.1) is 11.7 Å². The number of benzene rings is 2. The zero-order chi connectivity index (χ0) is 25.4. The Morgan fingerprint density at radius 2 is 1.81 bits per heavy atom. The summed E-state index contributed by atoms with van der Waals surface area (Å²) < 4.78 is 12.6. The van der Waals surface area contributed by atoms with Crippen LogP contribution in [-0.4, -0.2) is 45.0 Å². The van der Waals surface area contributed by atoms with Crippen molar-refractivity contribution in [1.82, 2.24) is 9.97 Å². The number of carbonyl (C=O) groups is 1. The molecular formula is C30H31N3O4. The van der Waals surface area contributed by atoms with Crippen molar-refractivity contribution in [1.29, 1.82) is 0 Å². The van der Waals surface area contributed by atoms with E-state index in [0.29, 0.717) is 12.8 Å². The number of nitrogens with zero attached hydrogens (tertiary/aromatic N) is 2. The van der Waals surface area contributed by atoms with Gasteiger partial charge in [0.15, 0.2) is 6.10 Å². The molecule has 2 fully saturated rings. The average molecular weight is 498 g/mol. The lowest BCUT2D eigenvalue weighted by molar-refractivity contribution is -0.160. The number of aryl methyl sites for hydroxylation is 1. The number of carboxylic acids is 1. The number of carboxylic acid groups (broad SMARTS) is 1. The molecule has 0 radical (unpaired) electrons. The summed E-state index contributed by atoms with van der Waals surface area (Å²) in [5.74, 6) is -0.0849. The zero-order valence-corrected chi connectivity index (χ0v) is 20.8. The molecule has 190 valence electrons. The topological polar surface area (TPSA) is 93.6 Å². The van der Waals surface area contributed by atoms with Gasteiger partial charge in [-0.2, -0.15) is 0 Å². The highest BCUT2D eigenvalue weighted by Crippen LogP contribution is 2.50. The minimum atomic E-state index is -0.942. The molecule has 3 aliphatic rings. The van der Waals surface area contributed by atoms with Crippen LogP contribution in [0.2, 0.25) is 0 Å². The van der Waals surface area contributed by atoms with E-state index in [0.717, 1.165) is 42.0 Å². The highest BCUT2D eigenvalue weighted by Gasteiger charge is 2.59. The highest BCUT2D eigenvalue weighted by atomic mass is 16.6. The second-order valence-electron chi connectivity index (χ2n) is 10.4. The number of nitrogens with one attached hydrogen (secondary N) is 1. The Balaban J connectivity index is 1.14. The molecule has 2 saturated heterocycles. The summed E-state index contributed by atoms with van der Waals surface area (Å²) in [5.41, 5.74) is 5.24. The van der Waals surface area contributed by atoms with Gasteiger partial charge in [-0.25, -0.2) is 14.8 Å². The van der Waals surface area contributed by atoms with Crippen LogP contribution in [0.3, 0.4) is 0 Å². The van der Waals surface area contributed by atoms with Gasteiger partial charge in [-0.15, -0.1) is 0 Å². The molecule has 0 bridgehead atoms. The summed E-state index contributed by atoms with van der Waals surface area (Å²) in [6.07, 6.45) is 8.09. The van der Waals surface area contributed by atoms with E-state index in [9.17, 15) is 9.90 Å². The normalized spacial score (nSPS) is 25.4. The number of hydrogen-bond donors (Lipinski definition) is 2. The quantitative estimate of drug-likeness (QED) is 0.453.